The van der Waals surface area contributed by atoms with Gasteiger partial charge in [0.1, 0.15) is 5.75 Å². The molecule has 0 N–H and O–H groups in total. The van der Waals surface area contributed by atoms with Gasteiger partial charge < -0.3 is 14.1 Å². The van der Waals surface area contributed by atoms with E-state index < -0.39 is 0 Å². The first-order valence-electron chi connectivity index (χ1n) is 8.98. The summed E-state index contributed by atoms with van der Waals surface area (Å²) in [5, 5.41) is 4.55. The number of hydrogen-bond acceptors (Lipinski definition) is 6. The summed E-state index contributed by atoms with van der Waals surface area (Å²) in [6, 6.07) is 18.0. The van der Waals surface area contributed by atoms with Gasteiger partial charge in [-0.15, -0.1) is 5.10 Å². The predicted octanol–water partition coefficient (Wildman–Crippen LogP) is 3.66. The lowest BCUT2D eigenvalue weighted by atomic mass is 10.2. The predicted molar refractivity (Wildman–Crippen MR) is 108 cm³/mol. The van der Waals surface area contributed by atoms with Crippen LogP contribution in [0.1, 0.15) is 0 Å². The first-order valence-corrected chi connectivity index (χ1v) is 9.39. The maximum absolute atomic E-state index is 5.68. The van der Waals surface area contributed by atoms with Crippen molar-refractivity contribution in [3.8, 4) is 17.2 Å². The summed E-state index contributed by atoms with van der Waals surface area (Å²) in [4.78, 5) is 5.09. The summed E-state index contributed by atoms with van der Waals surface area (Å²) in [6.07, 6.45) is 0. The van der Waals surface area contributed by atoms with Crippen LogP contribution in [0.2, 0.25) is 0 Å². The van der Waals surface area contributed by atoms with E-state index in [1.165, 1.54) is 0 Å². The van der Waals surface area contributed by atoms with E-state index in [2.05, 4.69) is 21.0 Å². The van der Waals surface area contributed by atoms with Crippen molar-refractivity contribution in [3.63, 3.8) is 0 Å². The molecule has 0 saturated carbocycles. The number of aromatic nitrogens is 2. The normalized spacial score (nSPS) is 15.1. The molecule has 1 aromatic heterocycles. The molecule has 1 aliphatic heterocycles. The highest BCUT2D eigenvalue weighted by Crippen LogP contribution is 2.28. The summed E-state index contributed by atoms with van der Waals surface area (Å²) in [5.41, 5.74) is 2.08. The number of ether oxygens (including phenoxy) is 1. The summed E-state index contributed by atoms with van der Waals surface area (Å²) < 4.78 is 12.9. The molecule has 1 saturated heterocycles. The van der Waals surface area contributed by atoms with Crippen LogP contribution in [-0.4, -0.2) is 48.0 Å². The van der Waals surface area contributed by atoms with Crippen molar-refractivity contribution in [3.05, 3.63) is 59.4 Å². The van der Waals surface area contributed by atoms with Gasteiger partial charge in [-0.25, -0.2) is 4.68 Å². The Bertz CT molecular complexity index is 946. The van der Waals surface area contributed by atoms with Crippen molar-refractivity contribution in [1.29, 1.82) is 0 Å². The number of nitrogens with zero attached hydrogens (tertiary/aromatic N) is 4. The summed E-state index contributed by atoms with van der Waals surface area (Å²) in [6.45, 7) is 4.34. The highest BCUT2D eigenvalue weighted by Gasteiger charge is 2.20. The highest BCUT2D eigenvalue weighted by atomic mass is 32.1. The van der Waals surface area contributed by atoms with Gasteiger partial charge in [-0.3, -0.25) is 4.90 Å². The molecule has 27 heavy (non-hydrogen) atoms. The molecular formula is C20H22N4O2S. The van der Waals surface area contributed by atoms with E-state index in [1.54, 1.807) is 11.8 Å². The maximum Gasteiger partial charge on any atom is 0.288 e. The van der Waals surface area contributed by atoms with E-state index in [-0.39, 0.29) is 0 Å². The lowest BCUT2D eigenvalue weighted by molar-refractivity contribution is 0.192. The van der Waals surface area contributed by atoms with E-state index in [0.29, 0.717) is 17.4 Å². The van der Waals surface area contributed by atoms with Crippen LogP contribution in [0.4, 0.5) is 5.69 Å². The molecule has 0 amide bonds. The average molecular weight is 382 g/mol. The van der Waals surface area contributed by atoms with Crippen LogP contribution < -0.4 is 9.64 Å². The van der Waals surface area contributed by atoms with Gasteiger partial charge in [-0.05, 0) is 36.5 Å². The largest absolute Gasteiger partial charge is 0.495 e. The molecule has 0 unspecified atom stereocenters. The third-order valence-electron chi connectivity index (χ3n) is 4.76. The molecule has 6 nitrogen and oxygen atoms in total. The minimum Gasteiger partial charge on any atom is -0.495 e. The topological polar surface area (TPSA) is 46.7 Å². The van der Waals surface area contributed by atoms with E-state index in [9.17, 15) is 0 Å². The molecule has 2 heterocycles. The van der Waals surface area contributed by atoms with E-state index in [0.717, 1.165) is 43.2 Å². The molecule has 1 aliphatic rings. The quantitative estimate of drug-likeness (QED) is 0.628. The van der Waals surface area contributed by atoms with Crippen LogP contribution in [0.3, 0.4) is 0 Å². The second kappa shape index (κ2) is 7.94. The highest BCUT2D eigenvalue weighted by molar-refractivity contribution is 7.71. The Balaban J connectivity index is 1.41. The third kappa shape index (κ3) is 3.89. The van der Waals surface area contributed by atoms with E-state index in [4.69, 9.17) is 21.4 Å². The molecule has 2 aromatic carbocycles. The maximum atomic E-state index is 5.68. The first kappa shape index (κ1) is 17.8. The van der Waals surface area contributed by atoms with Gasteiger partial charge in [0.05, 0.1) is 19.5 Å². The van der Waals surface area contributed by atoms with Crippen LogP contribution >= 0.6 is 12.2 Å². The third-order valence-corrected chi connectivity index (χ3v) is 5.05. The smallest absolute Gasteiger partial charge is 0.288 e. The Morgan fingerprint density at radius 2 is 1.70 bits per heavy atom. The van der Waals surface area contributed by atoms with Gasteiger partial charge in [0.25, 0.3) is 4.84 Å². The van der Waals surface area contributed by atoms with Gasteiger partial charge in [-0.2, -0.15) is 0 Å². The van der Waals surface area contributed by atoms with Crippen molar-refractivity contribution in [2.75, 3.05) is 38.2 Å². The fourth-order valence-electron chi connectivity index (χ4n) is 3.30. The van der Waals surface area contributed by atoms with Crippen LogP contribution in [0.25, 0.3) is 11.5 Å². The average Bonchev–Trinajstić information content (AvgIpc) is 3.09. The Morgan fingerprint density at radius 3 is 2.44 bits per heavy atom. The zero-order valence-electron chi connectivity index (χ0n) is 15.2. The van der Waals surface area contributed by atoms with Crippen LogP contribution in [0.15, 0.2) is 59.0 Å². The van der Waals surface area contributed by atoms with Crippen molar-refractivity contribution < 1.29 is 9.15 Å². The molecule has 4 rings (SSSR count). The minimum absolute atomic E-state index is 0.404. The Hall–Kier alpha value is -2.64. The van der Waals surface area contributed by atoms with Crippen molar-refractivity contribution in [2.24, 2.45) is 0 Å². The first-order chi connectivity index (χ1) is 13.2. The van der Waals surface area contributed by atoms with Crippen LogP contribution in [0, 0.1) is 4.84 Å². The van der Waals surface area contributed by atoms with Crippen LogP contribution in [-0.2, 0) is 6.67 Å². The number of para-hydroxylation sites is 2. The molecule has 0 atom stereocenters. The standard InChI is InChI=1S/C20H22N4O2S/c1-25-18-10-6-5-9-17(18)23-13-11-22(12-14-23)15-24-20(27)26-19(21-24)16-7-3-2-4-8-16/h2-10H,11-15H2,1H3. The molecule has 0 radical (unpaired) electrons. The summed E-state index contributed by atoms with van der Waals surface area (Å²) in [5.74, 6) is 1.48. The Morgan fingerprint density at radius 1 is 1.00 bits per heavy atom. The number of anilines is 1. The second-order valence-electron chi connectivity index (χ2n) is 6.46. The molecular weight excluding hydrogens is 360 g/mol. The molecule has 0 spiro atoms. The summed E-state index contributed by atoms with van der Waals surface area (Å²) >= 11 is 5.35. The van der Waals surface area contributed by atoms with Gasteiger partial charge in [0.15, 0.2) is 0 Å². The van der Waals surface area contributed by atoms with Gasteiger partial charge in [0.2, 0.25) is 5.89 Å². The Labute approximate surface area is 163 Å². The molecule has 0 aliphatic carbocycles. The van der Waals surface area contributed by atoms with Gasteiger partial charge >= 0.3 is 0 Å². The van der Waals surface area contributed by atoms with Crippen molar-refractivity contribution >= 4 is 17.9 Å². The van der Waals surface area contributed by atoms with Crippen LogP contribution in [0.5, 0.6) is 5.75 Å². The number of rotatable bonds is 5. The molecule has 140 valence electrons. The molecule has 7 heteroatoms. The van der Waals surface area contributed by atoms with Gasteiger partial charge in [-0.1, -0.05) is 30.3 Å². The fourth-order valence-corrected chi connectivity index (χ4v) is 3.48. The van der Waals surface area contributed by atoms with Crippen molar-refractivity contribution in [1.82, 2.24) is 14.7 Å². The fraction of sp³-hybridized carbons (Fsp3) is 0.300. The van der Waals surface area contributed by atoms with Gasteiger partial charge in [0, 0.05) is 31.7 Å². The van der Waals surface area contributed by atoms with Crippen molar-refractivity contribution in [2.45, 2.75) is 6.67 Å². The number of benzene rings is 2. The summed E-state index contributed by atoms with van der Waals surface area (Å²) in [7, 11) is 1.71. The zero-order chi connectivity index (χ0) is 18.6. The monoisotopic (exact) mass is 382 g/mol. The number of methoxy groups -OCH3 is 1. The minimum atomic E-state index is 0.404. The molecule has 0 bridgehead atoms. The lowest BCUT2D eigenvalue weighted by Gasteiger charge is -2.36. The number of piperazine rings is 1. The van der Waals surface area contributed by atoms with E-state index in [1.807, 2.05) is 48.5 Å². The molecule has 1 fully saturated rings. The zero-order valence-corrected chi connectivity index (χ0v) is 16.1. The second-order valence-corrected chi connectivity index (χ2v) is 6.81. The molecule has 3 aromatic rings. The number of hydrogen-bond donors (Lipinski definition) is 0. The lowest BCUT2D eigenvalue weighted by Crippen LogP contribution is -2.47. The Kier molecular flexibility index (Phi) is 5.22. The van der Waals surface area contributed by atoms with E-state index >= 15 is 0 Å². The SMILES string of the molecule is COc1ccccc1N1CCN(Cn2nc(-c3ccccc3)oc2=S)CC1.